The van der Waals surface area contributed by atoms with Gasteiger partial charge in [-0.2, -0.15) is 0 Å². The number of nitrogens with zero attached hydrogens (tertiary/aromatic N) is 1. The van der Waals surface area contributed by atoms with Gasteiger partial charge in [0.15, 0.2) is 0 Å². The summed E-state index contributed by atoms with van der Waals surface area (Å²) < 4.78 is 5.61. The lowest BCUT2D eigenvalue weighted by atomic mass is 10.0. The Bertz CT molecular complexity index is 661. The van der Waals surface area contributed by atoms with Crippen molar-refractivity contribution >= 4 is 17.5 Å². The topological polar surface area (TPSA) is 29.5 Å². The molecule has 3 nitrogen and oxygen atoms in total. The highest BCUT2D eigenvalue weighted by molar-refractivity contribution is 6.17. The first-order valence-corrected chi connectivity index (χ1v) is 9.00. The van der Waals surface area contributed by atoms with E-state index in [4.69, 9.17) is 16.3 Å². The lowest BCUT2D eigenvalue weighted by molar-refractivity contribution is 0.0793. The van der Waals surface area contributed by atoms with Crippen LogP contribution < -0.4 is 4.74 Å². The van der Waals surface area contributed by atoms with Crippen molar-refractivity contribution in [2.24, 2.45) is 0 Å². The third kappa shape index (κ3) is 4.09. The molecule has 1 aliphatic rings. The predicted molar refractivity (Wildman–Crippen MR) is 97.8 cm³/mol. The first-order chi connectivity index (χ1) is 11.8. The average molecular weight is 344 g/mol. The maximum atomic E-state index is 12.4. The third-order valence-electron chi connectivity index (χ3n) is 4.26. The maximum Gasteiger partial charge on any atom is 0.253 e. The second kappa shape index (κ2) is 8.20. The summed E-state index contributed by atoms with van der Waals surface area (Å²) in [5.41, 5.74) is 2.97. The van der Waals surface area contributed by atoms with E-state index in [1.54, 1.807) is 0 Å². The molecule has 24 heavy (non-hydrogen) atoms. The molecule has 0 spiro atoms. The largest absolute Gasteiger partial charge is 0.494 e. The van der Waals surface area contributed by atoms with Gasteiger partial charge in [-0.05, 0) is 54.7 Å². The van der Waals surface area contributed by atoms with E-state index in [2.05, 4.69) is 0 Å². The van der Waals surface area contributed by atoms with E-state index in [-0.39, 0.29) is 5.91 Å². The van der Waals surface area contributed by atoms with Crippen LogP contribution in [0.15, 0.2) is 48.5 Å². The summed E-state index contributed by atoms with van der Waals surface area (Å²) in [6.07, 6.45) is 3.07. The number of carbonyl (C=O) groups is 1. The van der Waals surface area contributed by atoms with Crippen molar-refractivity contribution in [3.05, 3.63) is 54.1 Å². The first-order valence-electron chi connectivity index (χ1n) is 8.46. The summed E-state index contributed by atoms with van der Waals surface area (Å²) in [6, 6.07) is 15.8. The summed E-state index contributed by atoms with van der Waals surface area (Å²) >= 11 is 5.64. The number of halogens is 1. The number of carbonyl (C=O) groups excluding carboxylic acids is 1. The molecule has 126 valence electrons. The van der Waals surface area contributed by atoms with Crippen molar-refractivity contribution in [3.63, 3.8) is 0 Å². The number of amides is 1. The summed E-state index contributed by atoms with van der Waals surface area (Å²) in [4.78, 5) is 14.3. The molecule has 1 heterocycles. The van der Waals surface area contributed by atoms with Gasteiger partial charge in [0, 0.05) is 24.5 Å². The van der Waals surface area contributed by atoms with E-state index in [9.17, 15) is 4.79 Å². The molecule has 0 radical (unpaired) electrons. The van der Waals surface area contributed by atoms with E-state index in [1.165, 1.54) is 0 Å². The standard InChI is InChI=1S/C20H22ClNO2/c21-12-3-15-24-19-10-8-17(9-11-19)16-4-6-18(7-5-16)20(23)22-13-1-2-14-22/h4-11H,1-3,12-15H2. The summed E-state index contributed by atoms with van der Waals surface area (Å²) in [5.74, 6) is 1.60. The Balaban J connectivity index is 1.65. The zero-order valence-electron chi connectivity index (χ0n) is 13.7. The zero-order valence-corrected chi connectivity index (χ0v) is 14.5. The van der Waals surface area contributed by atoms with Crippen LogP contribution in [-0.2, 0) is 0 Å². The van der Waals surface area contributed by atoms with Crippen molar-refractivity contribution in [2.75, 3.05) is 25.6 Å². The Morgan fingerprint density at radius 3 is 2.12 bits per heavy atom. The second-order valence-electron chi connectivity index (χ2n) is 5.99. The molecule has 1 saturated heterocycles. The predicted octanol–water partition coefficient (Wildman–Crippen LogP) is 4.60. The van der Waals surface area contributed by atoms with Gasteiger partial charge in [0.25, 0.3) is 5.91 Å². The molecule has 2 aromatic carbocycles. The highest BCUT2D eigenvalue weighted by Gasteiger charge is 2.19. The van der Waals surface area contributed by atoms with Gasteiger partial charge in [0.2, 0.25) is 0 Å². The van der Waals surface area contributed by atoms with E-state index in [0.717, 1.165) is 54.8 Å². The molecule has 0 unspecified atom stereocenters. The fraction of sp³-hybridized carbons (Fsp3) is 0.350. The van der Waals surface area contributed by atoms with Crippen molar-refractivity contribution in [1.29, 1.82) is 0 Å². The second-order valence-corrected chi connectivity index (χ2v) is 6.37. The monoisotopic (exact) mass is 343 g/mol. The average Bonchev–Trinajstić information content (AvgIpc) is 3.17. The molecule has 2 aromatic rings. The lowest BCUT2D eigenvalue weighted by Crippen LogP contribution is -2.27. The van der Waals surface area contributed by atoms with E-state index in [1.807, 2.05) is 53.4 Å². The van der Waals surface area contributed by atoms with Gasteiger partial charge in [0.1, 0.15) is 5.75 Å². The molecule has 1 aliphatic heterocycles. The molecule has 0 aromatic heterocycles. The summed E-state index contributed by atoms with van der Waals surface area (Å²) in [6.45, 7) is 2.40. The van der Waals surface area contributed by atoms with Crippen LogP contribution in [0.3, 0.4) is 0 Å². The maximum absolute atomic E-state index is 12.4. The van der Waals surface area contributed by atoms with Crippen LogP contribution in [0.5, 0.6) is 5.75 Å². The molecule has 0 bridgehead atoms. The Morgan fingerprint density at radius 2 is 1.54 bits per heavy atom. The van der Waals surface area contributed by atoms with Crippen LogP contribution in [-0.4, -0.2) is 36.4 Å². The number of ether oxygens (including phenoxy) is 1. The molecule has 0 saturated carbocycles. The van der Waals surface area contributed by atoms with Crippen molar-refractivity contribution in [2.45, 2.75) is 19.3 Å². The van der Waals surface area contributed by atoms with Gasteiger partial charge in [-0.1, -0.05) is 24.3 Å². The SMILES string of the molecule is O=C(c1ccc(-c2ccc(OCCCCl)cc2)cc1)N1CCCC1. The summed E-state index contributed by atoms with van der Waals surface area (Å²) in [7, 11) is 0. The minimum atomic E-state index is 0.141. The van der Waals surface area contributed by atoms with E-state index >= 15 is 0 Å². The van der Waals surface area contributed by atoms with Crippen molar-refractivity contribution < 1.29 is 9.53 Å². The minimum Gasteiger partial charge on any atom is -0.494 e. The molecule has 1 fully saturated rings. The van der Waals surface area contributed by atoms with Crippen molar-refractivity contribution in [1.82, 2.24) is 4.90 Å². The van der Waals surface area contributed by atoms with Crippen LogP contribution >= 0.6 is 11.6 Å². The number of likely N-dealkylation sites (tertiary alicyclic amines) is 1. The third-order valence-corrected chi connectivity index (χ3v) is 4.53. The summed E-state index contributed by atoms with van der Waals surface area (Å²) in [5, 5.41) is 0. The fourth-order valence-electron chi connectivity index (χ4n) is 2.90. The Morgan fingerprint density at radius 1 is 0.958 bits per heavy atom. The Hall–Kier alpha value is -2.00. The first kappa shape index (κ1) is 16.8. The Labute approximate surface area is 148 Å². The fourth-order valence-corrected chi connectivity index (χ4v) is 3.01. The van der Waals surface area contributed by atoms with E-state index in [0.29, 0.717) is 12.5 Å². The van der Waals surface area contributed by atoms with Gasteiger partial charge in [-0.3, -0.25) is 4.79 Å². The zero-order chi connectivity index (χ0) is 16.8. The highest BCUT2D eigenvalue weighted by Crippen LogP contribution is 2.23. The molecule has 0 atom stereocenters. The van der Waals surface area contributed by atoms with Gasteiger partial charge in [-0.15, -0.1) is 11.6 Å². The van der Waals surface area contributed by atoms with Gasteiger partial charge < -0.3 is 9.64 Å². The molecule has 4 heteroatoms. The highest BCUT2D eigenvalue weighted by atomic mass is 35.5. The van der Waals surface area contributed by atoms with Gasteiger partial charge in [0.05, 0.1) is 6.61 Å². The van der Waals surface area contributed by atoms with Crippen LogP contribution in [0, 0.1) is 0 Å². The lowest BCUT2D eigenvalue weighted by Gasteiger charge is -2.15. The van der Waals surface area contributed by atoms with E-state index < -0.39 is 0 Å². The smallest absolute Gasteiger partial charge is 0.253 e. The normalized spacial score (nSPS) is 14.0. The molecule has 1 amide bonds. The van der Waals surface area contributed by atoms with Gasteiger partial charge in [-0.25, -0.2) is 0 Å². The van der Waals surface area contributed by atoms with Crippen LogP contribution in [0.2, 0.25) is 0 Å². The number of rotatable bonds is 6. The molecule has 0 N–H and O–H groups in total. The number of hydrogen-bond donors (Lipinski definition) is 0. The van der Waals surface area contributed by atoms with Crippen LogP contribution in [0.4, 0.5) is 0 Å². The number of alkyl halides is 1. The Kier molecular flexibility index (Phi) is 5.76. The van der Waals surface area contributed by atoms with Crippen molar-refractivity contribution in [3.8, 4) is 16.9 Å². The van der Waals surface area contributed by atoms with Gasteiger partial charge >= 0.3 is 0 Å². The minimum absolute atomic E-state index is 0.141. The molecular weight excluding hydrogens is 322 g/mol. The molecule has 3 rings (SSSR count). The quantitative estimate of drug-likeness (QED) is 0.566. The van der Waals surface area contributed by atoms with Crippen LogP contribution in [0.1, 0.15) is 29.6 Å². The number of hydrogen-bond acceptors (Lipinski definition) is 2. The molecular formula is C20H22ClNO2. The number of benzene rings is 2. The van der Waals surface area contributed by atoms with Crippen LogP contribution in [0.25, 0.3) is 11.1 Å². The molecule has 0 aliphatic carbocycles.